The molecule has 1 N–H and O–H groups in total. The average Bonchev–Trinajstić information content (AvgIpc) is 2.89. The second kappa shape index (κ2) is 5.69. The lowest BCUT2D eigenvalue weighted by Crippen LogP contribution is -2.26. The van der Waals surface area contributed by atoms with Crippen LogP contribution in [0.15, 0.2) is 36.5 Å². The molecule has 5 heteroatoms. The number of benzene rings is 1. The highest BCUT2D eigenvalue weighted by molar-refractivity contribution is 5.41. The van der Waals surface area contributed by atoms with Gasteiger partial charge in [-0.2, -0.15) is 0 Å². The number of anilines is 1. The summed E-state index contributed by atoms with van der Waals surface area (Å²) in [5.41, 5.74) is 2.03. The standard InChI is InChI=1S/C16H19N3O2/c1-11-6-7-17-16(18-11)19-10-13(20)9-15(19)12-4-3-5-14(8-12)21-2/h3-8,13,15,20H,9-10H2,1-2H3/t13-,15-/m0/s1. The summed E-state index contributed by atoms with van der Waals surface area (Å²) in [7, 11) is 1.66. The van der Waals surface area contributed by atoms with Gasteiger partial charge in [-0.25, -0.2) is 9.97 Å². The second-order valence-corrected chi connectivity index (χ2v) is 5.33. The van der Waals surface area contributed by atoms with Gasteiger partial charge in [-0.3, -0.25) is 0 Å². The van der Waals surface area contributed by atoms with Crippen molar-refractivity contribution >= 4 is 5.95 Å². The number of β-amino-alcohol motifs (C(OH)–C–C–N with tert-alkyl or cyclic N) is 1. The van der Waals surface area contributed by atoms with Gasteiger partial charge in [0.15, 0.2) is 0 Å². The molecule has 21 heavy (non-hydrogen) atoms. The van der Waals surface area contributed by atoms with Crippen LogP contribution >= 0.6 is 0 Å². The summed E-state index contributed by atoms with van der Waals surface area (Å²) in [6, 6.07) is 9.88. The number of aliphatic hydroxyl groups is 1. The zero-order chi connectivity index (χ0) is 14.8. The molecule has 1 saturated heterocycles. The van der Waals surface area contributed by atoms with E-state index in [0.29, 0.717) is 18.9 Å². The van der Waals surface area contributed by atoms with E-state index >= 15 is 0 Å². The first-order chi connectivity index (χ1) is 10.2. The van der Waals surface area contributed by atoms with Crippen molar-refractivity contribution in [2.45, 2.75) is 25.5 Å². The number of nitrogens with zero attached hydrogens (tertiary/aromatic N) is 3. The molecule has 1 aliphatic rings. The Morgan fingerprint density at radius 2 is 2.19 bits per heavy atom. The van der Waals surface area contributed by atoms with Crippen molar-refractivity contribution in [3.8, 4) is 5.75 Å². The predicted molar refractivity (Wildman–Crippen MR) is 80.5 cm³/mol. The zero-order valence-corrected chi connectivity index (χ0v) is 12.2. The lowest BCUT2D eigenvalue weighted by atomic mass is 10.0. The number of aliphatic hydroxyl groups excluding tert-OH is 1. The van der Waals surface area contributed by atoms with E-state index in [1.165, 1.54) is 0 Å². The minimum atomic E-state index is -0.370. The number of methoxy groups -OCH3 is 1. The molecular weight excluding hydrogens is 266 g/mol. The fourth-order valence-corrected chi connectivity index (χ4v) is 2.77. The average molecular weight is 285 g/mol. The molecule has 3 rings (SSSR count). The third-order valence-electron chi connectivity index (χ3n) is 3.80. The van der Waals surface area contributed by atoms with Crippen molar-refractivity contribution < 1.29 is 9.84 Å². The van der Waals surface area contributed by atoms with E-state index in [-0.39, 0.29) is 12.1 Å². The summed E-state index contributed by atoms with van der Waals surface area (Å²) >= 11 is 0. The molecule has 2 atom stereocenters. The fourth-order valence-electron chi connectivity index (χ4n) is 2.77. The summed E-state index contributed by atoms with van der Waals surface area (Å²) in [5, 5.41) is 10.1. The lowest BCUT2D eigenvalue weighted by molar-refractivity contribution is 0.194. The first-order valence-corrected chi connectivity index (χ1v) is 7.05. The van der Waals surface area contributed by atoms with E-state index in [9.17, 15) is 5.11 Å². The molecule has 0 radical (unpaired) electrons. The maximum absolute atomic E-state index is 10.1. The van der Waals surface area contributed by atoms with Gasteiger partial charge in [0.05, 0.1) is 19.3 Å². The molecule has 1 aromatic carbocycles. The first-order valence-electron chi connectivity index (χ1n) is 7.05. The molecule has 2 heterocycles. The topological polar surface area (TPSA) is 58.5 Å². The van der Waals surface area contributed by atoms with Crippen LogP contribution in [0.25, 0.3) is 0 Å². The number of hydrogen-bond donors (Lipinski definition) is 1. The van der Waals surface area contributed by atoms with Crippen LogP contribution in [0.2, 0.25) is 0 Å². The molecule has 5 nitrogen and oxygen atoms in total. The van der Waals surface area contributed by atoms with E-state index in [0.717, 1.165) is 17.0 Å². The van der Waals surface area contributed by atoms with Gasteiger partial charge >= 0.3 is 0 Å². The Balaban J connectivity index is 1.95. The summed E-state index contributed by atoms with van der Waals surface area (Å²) < 4.78 is 5.29. The smallest absolute Gasteiger partial charge is 0.226 e. The van der Waals surface area contributed by atoms with E-state index in [2.05, 4.69) is 14.9 Å². The van der Waals surface area contributed by atoms with Crippen LogP contribution < -0.4 is 9.64 Å². The molecule has 1 aromatic heterocycles. The van der Waals surface area contributed by atoms with Crippen LogP contribution in [0.3, 0.4) is 0 Å². The summed E-state index contributed by atoms with van der Waals surface area (Å²) in [6.07, 6.45) is 2.06. The second-order valence-electron chi connectivity index (χ2n) is 5.33. The molecule has 0 unspecified atom stereocenters. The molecule has 0 saturated carbocycles. The maximum atomic E-state index is 10.1. The Bertz CT molecular complexity index is 632. The molecule has 1 aliphatic heterocycles. The third kappa shape index (κ3) is 2.83. The Hall–Kier alpha value is -2.14. The summed E-state index contributed by atoms with van der Waals surface area (Å²) in [5.74, 6) is 1.48. The van der Waals surface area contributed by atoms with Gasteiger partial charge in [0.1, 0.15) is 5.75 Å². The molecule has 0 bridgehead atoms. The minimum absolute atomic E-state index is 0.0666. The van der Waals surface area contributed by atoms with E-state index in [1.54, 1.807) is 13.3 Å². The van der Waals surface area contributed by atoms with Crippen molar-refractivity contribution in [1.82, 2.24) is 9.97 Å². The van der Waals surface area contributed by atoms with Crippen LogP contribution in [-0.4, -0.2) is 34.8 Å². The Kier molecular flexibility index (Phi) is 3.75. The maximum Gasteiger partial charge on any atom is 0.226 e. The van der Waals surface area contributed by atoms with Gasteiger partial charge in [-0.05, 0) is 37.1 Å². The number of aromatic nitrogens is 2. The number of rotatable bonds is 3. The minimum Gasteiger partial charge on any atom is -0.497 e. The van der Waals surface area contributed by atoms with Crippen LogP contribution in [0.4, 0.5) is 5.95 Å². The summed E-state index contributed by atoms with van der Waals surface area (Å²) in [4.78, 5) is 10.9. The first kappa shape index (κ1) is 13.8. The van der Waals surface area contributed by atoms with Crippen LogP contribution in [0.1, 0.15) is 23.7 Å². The molecular formula is C16H19N3O2. The van der Waals surface area contributed by atoms with E-state index < -0.39 is 0 Å². The van der Waals surface area contributed by atoms with Crippen molar-refractivity contribution in [1.29, 1.82) is 0 Å². The predicted octanol–water partition coefficient (Wildman–Crippen LogP) is 2.11. The fraction of sp³-hybridized carbons (Fsp3) is 0.375. The highest BCUT2D eigenvalue weighted by atomic mass is 16.5. The Morgan fingerprint density at radius 1 is 1.33 bits per heavy atom. The highest BCUT2D eigenvalue weighted by Gasteiger charge is 2.33. The Labute approximate surface area is 124 Å². The van der Waals surface area contributed by atoms with Crippen LogP contribution in [0.5, 0.6) is 5.75 Å². The van der Waals surface area contributed by atoms with Gasteiger partial charge in [-0.15, -0.1) is 0 Å². The molecule has 110 valence electrons. The van der Waals surface area contributed by atoms with Gasteiger partial charge in [0.25, 0.3) is 0 Å². The van der Waals surface area contributed by atoms with E-state index in [4.69, 9.17) is 4.74 Å². The van der Waals surface area contributed by atoms with Crippen molar-refractivity contribution in [3.63, 3.8) is 0 Å². The van der Waals surface area contributed by atoms with Gasteiger partial charge in [-0.1, -0.05) is 12.1 Å². The quantitative estimate of drug-likeness (QED) is 0.936. The SMILES string of the molecule is COc1cccc([C@@H]2C[C@H](O)CN2c2nccc(C)n2)c1. The van der Waals surface area contributed by atoms with Crippen molar-refractivity contribution in [2.24, 2.45) is 0 Å². The molecule has 2 aromatic rings. The number of hydrogen-bond acceptors (Lipinski definition) is 5. The lowest BCUT2D eigenvalue weighted by Gasteiger charge is -2.25. The van der Waals surface area contributed by atoms with Crippen molar-refractivity contribution in [3.05, 3.63) is 47.8 Å². The number of aryl methyl sites for hydroxylation is 1. The largest absolute Gasteiger partial charge is 0.497 e. The van der Waals surface area contributed by atoms with Crippen LogP contribution in [0, 0.1) is 6.92 Å². The third-order valence-corrected chi connectivity index (χ3v) is 3.80. The normalized spacial score (nSPS) is 21.6. The monoisotopic (exact) mass is 285 g/mol. The Morgan fingerprint density at radius 3 is 2.95 bits per heavy atom. The highest BCUT2D eigenvalue weighted by Crippen LogP contribution is 2.35. The van der Waals surface area contributed by atoms with Crippen molar-refractivity contribution in [2.75, 3.05) is 18.6 Å². The number of ether oxygens (including phenoxy) is 1. The molecule has 0 amide bonds. The van der Waals surface area contributed by atoms with Gasteiger partial charge < -0.3 is 14.7 Å². The van der Waals surface area contributed by atoms with Gasteiger partial charge in [0, 0.05) is 18.4 Å². The van der Waals surface area contributed by atoms with Gasteiger partial charge in [0.2, 0.25) is 5.95 Å². The molecule has 0 spiro atoms. The molecule has 0 aliphatic carbocycles. The summed E-state index contributed by atoms with van der Waals surface area (Å²) in [6.45, 7) is 2.49. The van der Waals surface area contributed by atoms with Crippen LogP contribution in [-0.2, 0) is 0 Å². The molecule has 1 fully saturated rings. The van der Waals surface area contributed by atoms with E-state index in [1.807, 2.05) is 37.3 Å². The zero-order valence-electron chi connectivity index (χ0n) is 12.2.